The second-order valence-electron chi connectivity index (χ2n) is 3.07. The summed E-state index contributed by atoms with van der Waals surface area (Å²) in [5, 5.41) is 0.121. The van der Waals surface area contributed by atoms with Crippen LogP contribution < -0.4 is 0 Å². The summed E-state index contributed by atoms with van der Waals surface area (Å²) in [7, 11) is 0. The molecule has 0 fully saturated rings. The Morgan fingerprint density at radius 3 is 2.47 bits per heavy atom. The molecule has 2 rings (SSSR count). The van der Waals surface area contributed by atoms with Crippen molar-refractivity contribution in [3.05, 3.63) is 47.3 Å². The zero-order chi connectivity index (χ0) is 11.0. The molecule has 4 heteroatoms. The van der Waals surface area contributed by atoms with Gasteiger partial charge in [-0.2, -0.15) is 0 Å². The standard InChI is InChI=1S/C11H5F3O/c12-7-2-1-6-3-10(13)9(5-15)11(14)8(6)4-7/h1-5H. The van der Waals surface area contributed by atoms with Crippen LogP contribution in [0.25, 0.3) is 10.8 Å². The molecule has 15 heavy (non-hydrogen) atoms. The second kappa shape index (κ2) is 3.38. The van der Waals surface area contributed by atoms with Crippen LogP contribution in [-0.2, 0) is 0 Å². The van der Waals surface area contributed by atoms with Gasteiger partial charge in [0, 0.05) is 5.39 Å². The molecule has 0 aromatic heterocycles. The molecule has 0 radical (unpaired) electrons. The van der Waals surface area contributed by atoms with Gasteiger partial charge >= 0.3 is 0 Å². The Kier molecular flexibility index (Phi) is 2.19. The SMILES string of the molecule is O=Cc1c(F)cc2ccc(F)cc2c1F. The molecule has 0 saturated carbocycles. The highest BCUT2D eigenvalue weighted by Crippen LogP contribution is 2.23. The smallest absolute Gasteiger partial charge is 0.155 e. The number of rotatable bonds is 1. The van der Waals surface area contributed by atoms with E-state index in [1.807, 2.05) is 0 Å². The van der Waals surface area contributed by atoms with Crippen molar-refractivity contribution in [2.75, 3.05) is 0 Å². The van der Waals surface area contributed by atoms with E-state index in [0.29, 0.717) is 0 Å². The Bertz CT molecular complexity index is 549. The Balaban J connectivity index is 2.92. The van der Waals surface area contributed by atoms with Crippen molar-refractivity contribution >= 4 is 17.1 Å². The monoisotopic (exact) mass is 210 g/mol. The van der Waals surface area contributed by atoms with E-state index in [1.54, 1.807) is 0 Å². The van der Waals surface area contributed by atoms with Gasteiger partial charge in [0.25, 0.3) is 0 Å². The Hall–Kier alpha value is -1.84. The molecule has 2 aromatic carbocycles. The highest BCUT2D eigenvalue weighted by molar-refractivity contribution is 5.90. The van der Waals surface area contributed by atoms with Crippen molar-refractivity contribution in [1.82, 2.24) is 0 Å². The van der Waals surface area contributed by atoms with Crippen molar-refractivity contribution in [3.8, 4) is 0 Å². The summed E-state index contributed by atoms with van der Waals surface area (Å²) in [6, 6.07) is 4.28. The first-order valence-electron chi connectivity index (χ1n) is 4.16. The van der Waals surface area contributed by atoms with E-state index < -0.39 is 23.0 Å². The minimum Gasteiger partial charge on any atom is -0.298 e. The van der Waals surface area contributed by atoms with E-state index in [4.69, 9.17) is 0 Å². The molecule has 0 spiro atoms. The fraction of sp³-hybridized carbons (Fsp3) is 0. The van der Waals surface area contributed by atoms with E-state index in [0.717, 1.165) is 18.2 Å². The van der Waals surface area contributed by atoms with Gasteiger partial charge in [0.05, 0.1) is 5.56 Å². The lowest BCUT2D eigenvalue weighted by Crippen LogP contribution is -1.95. The summed E-state index contributed by atoms with van der Waals surface area (Å²) in [4.78, 5) is 10.4. The summed E-state index contributed by atoms with van der Waals surface area (Å²) in [6.45, 7) is 0. The largest absolute Gasteiger partial charge is 0.298 e. The van der Waals surface area contributed by atoms with Crippen LogP contribution in [0, 0.1) is 17.5 Å². The first-order chi connectivity index (χ1) is 7.13. The second-order valence-corrected chi connectivity index (χ2v) is 3.07. The van der Waals surface area contributed by atoms with Crippen LogP contribution in [0.15, 0.2) is 24.3 Å². The van der Waals surface area contributed by atoms with Crippen LogP contribution >= 0.6 is 0 Å². The Morgan fingerprint density at radius 2 is 1.80 bits per heavy atom. The number of hydrogen-bond acceptors (Lipinski definition) is 1. The molecule has 0 aliphatic carbocycles. The molecule has 0 heterocycles. The van der Waals surface area contributed by atoms with Crippen LogP contribution in [0.1, 0.15) is 10.4 Å². The quantitative estimate of drug-likeness (QED) is 0.661. The molecule has 0 bridgehead atoms. The van der Waals surface area contributed by atoms with Crippen molar-refractivity contribution in [3.63, 3.8) is 0 Å². The summed E-state index contributed by atoms with van der Waals surface area (Å²) in [6.07, 6.45) is 0.0784. The molecule has 0 unspecified atom stereocenters. The highest BCUT2D eigenvalue weighted by Gasteiger charge is 2.13. The lowest BCUT2D eigenvalue weighted by Gasteiger charge is -2.03. The van der Waals surface area contributed by atoms with Gasteiger partial charge in [-0.25, -0.2) is 13.2 Å². The van der Waals surface area contributed by atoms with Gasteiger partial charge in [0.15, 0.2) is 6.29 Å². The van der Waals surface area contributed by atoms with Crippen LogP contribution in [0.5, 0.6) is 0 Å². The topological polar surface area (TPSA) is 17.1 Å². The number of carbonyl (C=O) groups excluding carboxylic acids is 1. The lowest BCUT2D eigenvalue weighted by atomic mass is 10.1. The summed E-state index contributed by atoms with van der Waals surface area (Å²) in [5.74, 6) is -2.61. The molecule has 2 aromatic rings. The molecule has 0 N–H and O–H groups in total. The maximum absolute atomic E-state index is 13.5. The number of fused-ring (bicyclic) bond motifs is 1. The third kappa shape index (κ3) is 1.48. The van der Waals surface area contributed by atoms with Crippen LogP contribution in [0.4, 0.5) is 13.2 Å². The van der Waals surface area contributed by atoms with Gasteiger partial charge in [-0.05, 0) is 23.6 Å². The number of halogens is 3. The molecule has 1 nitrogen and oxygen atoms in total. The first-order valence-corrected chi connectivity index (χ1v) is 4.16. The third-order valence-electron chi connectivity index (χ3n) is 2.15. The molecule has 0 atom stereocenters. The molecule has 0 amide bonds. The molecule has 76 valence electrons. The number of carbonyl (C=O) groups is 1. The van der Waals surface area contributed by atoms with E-state index in [2.05, 4.69) is 0 Å². The minimum absolute atomic E-state index is 0.0784. The summed E-state index contributed by atoms with van der Waals surface area (Å²) in [5.41, 5.74) is -0.673. The molecule has 0 aliphatic heterocycles. The molecule has 0 aliphatic rings. The van der Waals surface area contributed by atoms with Crippen LogP contribution in [-0.4, -0.2) is 6.29 Å². The van der Waals surface area contributed by atoms with Crippen LogP contribution in [0.3, 0.4) is 0 Å². The number of benzene rings is 2. The van der Waals surface area contributed by atoms with E-state index in [1.165, 1.54) is 6.07 Å². The fourth-order valence-electron chi connectivity index (χ4n) is 1.42. The van der Waals surface area contributed by atoms with Crippen molar-refractivity contribution < 1.29 is 18.0 Å². The van der Waals surface area contributed by atoms with Crippen molar-refractivity contribution in [2.24, 2.45) is 0 Å². The van der Waals surface area contributed by atoms with Gasteiger partial charge in [0.1, 0.15) is 17.5 Å². The predicted octanol–water partition coefficient (Wildman–Crippen LogP) is 3.07. The average Bonchev–Trinajstić information content (AvgIpc) is 2.20. The van der Waals surface area contributed by atoms with Crippen LogP contribution in [0.2, 0.25) is 0 Å². The van der Waals surface area contributed by atoms with E-state index in [9.17, 15) is 18.0 Å². The van der Waals surface area contributed by atoms with E-state index >= 15 is 0 Å². The van der Waals surface area contributed by atoms with Gasteiger partial charge in [-0.15, -0.1) is 0 Å². The van der Waals surface area contributed by atoms with Gasteiger partial charge in [-0.3, -0.25) is 4.79 Å². The Labute approximate surface area is 83.1 Å². The zero-order valence-electron chi connectivity index (χ0n) is 7.43. The lowest BCUT2D eigenvalue weighted by molar-refractivity contribution is 0.111. The summed E-state index contributed by atoms with van der Waals surface area (Å²) < 4.78 is 39.4. The maximum Gasteiger partial charge on any atom is 0.155 e. The first kappa shape index (κ1) is 9.71. The number of hydrogen-bond donors (Lipinski definition) is 0. The maximum atomic E-state index is 13.5. The molecular weight excluding hydrogens is 205 g/mol. The van der Waals surface area contributed by atoms with Crippen molar-refractivity contribution in [1.29, 1.82) is 0 Å². The zero-order valence-corrected chi connectivity index (χ0v) is 7.43. The van der Waals surface area contributed by atoms with Gasteiger partial charge in [-0.1, -0.05) is 6.07 Å². The minimum atomic E-state index is -1.03. The third-order valence-corrected chi connectivity index (χ3v) is 2.15. The van der Waals surface area contributed by atoms with Crippen molar-refractivity contribution in [2.45, 2.75) is 0 Å². The van der Waals surface area contributed by atoms with Gasteiger partial charge in [0.2, 0.25) is 0 Å². The Morgan fingerprint density at radius 1 is 1.07 bits per heavy atom. The predicted molar refractivity (Wildman–Crippen MR) is 49.2 cm³/mol. The molecule has 0 saturated heterocycles. The molecular formula is C11H5F3O. The normalized spacial score (nSPS) is 10.6. The highest BCUT2D eigenvalue weighted by atomic mass is 19.1. The summed E-state index contributed by atoms with van der Waals surface area (Å²) >= 11 is 0. The average molecular weight is 210 g/mol. The van der Waals surface area contributed by atoms with E-state index in [-0.39, 0.29) is 17.1 Å². The number of aldehydes is 1. The fourth-order valence-corrected chi connectivity index (χ4v) is 1.42. The van der Waals surface area contributed by atoms with Gasteiger partial charge < -0.3 is 0 Å².